The summed E-state index contributed by atoms with van der Waals surface area (Å²) in [6.07, 6.45) is 1.17. The maximum absolute atomic E-state index is 12.5. The van der Waals surface area contributed by atoms with E-state index in [1.54, 1.807) is 0 Å². The van der Waals surface area contributed by atoms with Gasteiger partial charge in [-0.1, -0.05) is 37.3 Å². The van der Waals surface area contributed by atoms with Crippen molar-refractivity contribution in [2.75, 3.05) is 26.2 Å². The first-order valence-corrected chi connectivity index (χ1v) is 8.82. The Kier molecular flexibility index (Phi) is 6.60. The van der Waals surface area contributed by atoms with E-state index in [2.05, 4.69) is 42.2 Å². The summed E-state index contributed by atoms with van der Waals surface area (Å²) in [7, 11) is 0. The molecule has 4 nitrogen and oxygen atoms in total. The van der Waals surface area contributed by atoms with Gasteiger partial charge in [-0.2, -0.15) is 0 Å². The average molecular weight is 317 g/mol. The van der Waals surface area contributed by atoms with Crippen LogP contribution < -0.4 is 5.73 Å². The highest BCUT2D eigenvalue weighted by Crippen LogP contribution is 2.20. The van der Waals surface area contributed by atoms with Crippen LogP contribution in [-0.2, 0) is 11.3 Å². The van der Waals surface area contributed by atoms with Gasteiger partial charge in [0.25, 0.3) is 0 Å². The molecule has 0 aromatic heterocycles. The van der Waals surface area contributed by atoms with Crippen molar-refractivity contribution in [2.45, 2.75) is 39.8 Å². The fourth-order valence-corrected chi connectivity index (χ4v) is 3.25. The zero-order valence-corrected chi connectivity index (χ0v) is 14.7. The lowest BCUT2D eigenvalue weighted by molar-refractivity contribution is -0.135. The number of hydrogen-bond donors (Lipinski definition) is 1. The molecule has 2 N–H and O–H groups in total. The van der Waals surface area contributed by atoms with Gasteiger partial charge in [0, 0.05) is 32.2 Å². The summed E-state index contributed by atoms with van der Waals surface area (Å²) in [5.41, 5.74) is 7.25. The molecule has 1 aliphatic heterocycles. The predicted molar refractivity (Wildman–Crippen MR) is 94.9 cm³/mol. The Balaban J connectivity index is 1.85. The van der Waals surface area contributed by atoms with Crippen molar-refractivity contribution in [1.82, 2.24) is 9.80 Å². The van der Waals surface area contributed by atoms with E-state index in [1.807, 2.05) is 18.7 Å². The van der Waals surface area contributed by atoms with Crippen LogP contribution in [0.1, 0.15) is 32.8 Å². The molecule has 1 heterocycles. The normalized spacial score (nSPS) is 21.1. The Morgan fingerprint density at radius 1 is 1.35 bits per heavy atom. The lowest BCUT2D eigenvalue weighted by atomic mass is 10.0. The molecular weight excluding hydrogens is 286 g/mol. The van der Waals surface area contributed by atoms with Gasteiger partial charge in [0.1, 0.15) is 0 Å². The van der Waals surface area contributed by atoms with Gasteiger partial charge in [-0.15, -0.1) is 0 Å². The van der Waals surface area contributed by atoms with Crippen molar-refractivity contribution in [3.8, 4) is 0 Å². The van der Waals surface area contributed by atoms with Gasteiger partial charge < -0.3 is 10.6 Å². The van der Waals surface area contributed by atoms with Crippen LogP contribution in [-0.4, -0.2) is 47.9 Å². The molecule has 0 aliphatic carbocycles. The van der Waals surface area contributed by atoms with E-state index in [4.69, 9.17) is 5.73 Å². The maximum Gasteiger partial charge on any atom is 0.226 e. The third-order valence-electron chi connectivity index (χ3n) is 4.97. The molecule has 0 bridgehead atoms. The standard InChI is InChI=1S/C19H31N3O/c1-4-22(19(23)15(2)16(3)20)14-18-10-11-21(13-18)12-17-8-6-5-7-9-17/h5-9,15-16,18H,4,10-14,20H2,1-3H3. The van der Waals surface area contributed by atoms with Gasteiger partial charge >= 0.3 is 0 Å². The van der Waals surface area contributed by atoms with Crippen LogP contribution in [0.4, 0.5) is 0 Å². The molecule has 1 aromatic carbocycles. The van der Waals surface area contributed by atoms with Crippen LogP contribution >= 0.6 is 0 Å². The third-order valence-corrected chi connectivity index (χ3v) is 4.97. The third kappa shape index (κ3) is 5.05. The van der Waals surface area contributed by atoms with Gasteiger partial charge in [0.15, 0.2) is 0 Å². The maximum atomic E-state index is 12.5. The monoisotopic (exact) mass is 317 g/mol. The SMILES string of the molecule is CCN(CC1CCN(Cc2ccccc2)C1)C(=O)C(C)C(C)N. The molecule has 1 aliphatic rings. The fraction of sp³-hybridized carbons (Fsp3) is 0.632. The van der Waals surface area contributed by atoms with E-state index >= 15 is 0 Å². The quantitative estimate of drug-likeness (QED) is 0.840. The molecule has 1 amide bonds. The zero-order valence-electron chi connectivity index (χ0n) is 14.7. The van der Waals surface area contributed by atoms with Gasteiger partial charge in [-0.25, -0.2) is 0 Å². The summed E-state index contributed by atoms with van der Waals surface area (Å²) in [6, 6.07) is 10.5. The molecule has 1 aromatic rings. The van der Waals surface area contributed by atoms with Crippen LogP contribution in [0.2, 0.25) is 0 Å². The van der Waals surface area contributed by atoms with E-state index in [-0.39, 0.29) is 17.9 Å². The molecule has 3 atom stereocenters. The smallest absolute Gasteiger partial charge is 0.226 e. The lowest BCUT2D eigenvalue weighted by Gasteiger charge is -2.28. The average Bonchev–Trinajstić information content (AvgIpc) is 2.99. The number of carbonyl (C=O) groups excluding carboxylic acids is 1. The van der Waals surface area contributed by atoms with Gasteiger partial charge in [0.2, 0.25) is 5.91 Å². The van der Waals surface area contributed by atoms with Crippen molar-refractivity contribution < 1.29 is 4.79 Å². The highest BCUT2D eigenvalue weighted by atomic mass is 16.2. The minimum Gasteiger partial charge on any atom is -0.342 e. The van der Waals surface area contributed by atoms with E-state index in [1.165, 1.54) is 12.0 Å². The van der Waals surface area contributed by atoms with Crippen LogP contribution in [0.15, 0.2) is 30.3 Å². The Hall–Kier alpha value is -1.39. The summed E-state index contributed by atoms with van der Waals surface area (Å²) in [5.74, 6) is 0.670. The second-order valence-electron chi connectivity index (χ2n) is 6.90. The molecule has 0 spiro atoms. The largest absolute Gasteiger partial charge is 0.342 e. The molecule has 2 rings (SSSR count). The van der Waals surface area contributed by atoms with E-state index in [0.717, 1.165) is 32.7 Å². The minimum atomic E-state index is -0.100. The Labute approximate surface area is 140 Å². The van der Waals surface area contributed by atoms with Crippen molar-refractivity contribution >= 4 is 5.91 Å². The summed E-state index contributed by atoms with van der Waals surface area (Å²) >= 11 is 0. The number of nitrogens with zero attached hydrogens (tertiary/aromatic N) is 2. The Bertz CT molecular complexity index is 489. The van der Waals surface area contributed by atoms with Crippen molar-refractivity contribution in [3.05, 3.63) is 35.9 Å². The lowest BCUT2D eigenvalue weighted by Crippen LogP contribution is -2.43. The second kappa shape index (κ2) is 8.46. The first-order valence-electron chi connectivity index (χ1n) is 8.82. The van der Waals surface area contributed by atoms with Crippen LogP contribution in [0.25, 0.3) is 0 Å². The van der Waals surface area contributed by atoms with Gasteiger partial charge in [-0.05, 0) is 38.3 Å². The molecule has 128 valence electrons. The van der Waals surface area contributed by atoms with Gasteiger partial charge in [0.05, 0.1) is 5.92 Å². The van der Waals surface area contributed by atoms with E-state index in [9.17, 15) is 4.79 Å². The topological polar surface area (TPSA) is 49.6 Å². The van der Waals surface area contributed by atoms with Crippen LogP contribution in [0, 0.1) is 11.8 Å². The number of hydrogen-bond acceptors (Lipinski definition) is 3. The second-order valence-corrected chi connectivity index (χ2v) is 6.90. The van der Waals surface area contributed by atoms with Gasteiger partial charge in [-0.3, -0.25) is 9.69 Å². The van der Waals surface area contributed by atoms with Crippen molar-refractivity contribution in [3.63, 3.8) is 0 Å². The Morgan fingerprint density at radius 3 is 2.65 bits per heavy atom. The molecule has 0 radical (unpaired) electrons. The van der Waals surface area contributed by atoms with Crippen molar-refractivity contribution in [2.24, 2.45) is 17.6 Å². The molecule has 1 saturated heterocycles. The van der Waals surface area contributed by atoms with Crippen LogP contribution in [0.5, 0.6) is 0 Å². The highest BCUT2D eigenvalue weighted by molar-refractivity contribution is 5.79. The zero-order chi connectivity index (χ0) is 16.8. The van der Waals surface area contributed by atoms with E-state index < -0.39 is 0 Å². The minimum absolute atomic E-state index is 0.0882. The molecule has 23 heavy (non-hydrogen) atoms. The first-order chi connectivity index (χ1) is 11.0. The number of carbonyl (C=O) groups is 1. The number of rotatable bonds is 7. The molecule has 0 saturated carbocycles. The number of amides is 1. The van der Waals surface area contributed by atoms with Crippen molar-refractivity contribution in [1.29, 1.82) is 0 Å². The summed E-state index contributed by atoms with van der Waals surface area (Å²) in [6.45, 7) is 10.7. The molecule has 1 fully saturated rings. The predicted octanol–water partition coefficient (Wildman–Crippen LogP) is 2.34. The number of nitrogens with two attached hydrogens (primary N) is 1. The summed E-state index contributed by atoms with van der Waals surface area (Å²) in [4.78, 5) is 17.0. The fourth-order valence-electron chi connectivity index (χ4n) is 3.25. The molecule has 4 heteroatoms. The molecular formula is C19H31N3O. The summed E-state index contributed by atoms with van der Waals surface area (Å²) in [5, 5.41) is 0. The number of likely N-dealkylation sites (tertiary alicyclic amines) is 1. The molecule has 3 unspecified atom stereocenters. The van der Waals surface area contributed by atoms with Crippen LogP contribution in [0.3, 0.4) is 0 Å². The summed E-state index contributed by atoms with van der Waals surface area (Å²) < 4.78 is 0. The highest BCUT2D eigenvalue weighted by Gasteiger charge is 2.28. The Morgan fingerprint density at radius 2 is 2.04 bits per heavy atom. The first kappa shape index (κ1) is 18.0. The number of benzene rings is 1. The van der Waals surface area contributed by atoms with E-state index in [0.29, 0.717) is 5.92 Å².